The predicted molar refractivity (Wildman–Crippen MR) is 54.7 cm³/mol. The van der Waals surface area contributed by atoms with E-state index in [9.17, 15) is 19.2 Å². The zero-order chi connectivity index (χ0) is 14.3. The lowest BCUT2D eigenvalue weighted by atomic mass is 10.2. The highest BCUT2D eigenvalue weighted by atomic mass is 16.4. The van der Waals surface area contributed by atoms with Crippen LogP contribution in [0.15, 0.2) is 0 Å². The highest BCUT2D eigenvalue weighted by Gasteiger charge is 2.26. The van der Waals surface area contributed by atoms with Gasteiger partial charge in [0, 0.05) is 6.42 Å². The molecule has 0 aromatic heterocycles. The standard InChI is InChI=1S/C5H7NO3.C4H6O5/c7-4-2-1-3(6-4)5(8)9;5-2(4(8)9)1-3(6)7/h3H,1-2H2,(H,6,7)(H,8,9);2,5H,1H2,(H,6,7)(H,8,9)/t3-;/m0./s1. The molecule has 9 heteroatoms. The van der Waals surface area contributed by atoms with Crippen molar-refractivity contribution in [2.24, 2.45) is 0 Å². The average Bonchev–Trinajstić information content (AvgIpc) is 2.64. The number of carbonyl (C=O) groups excluding carboxylic acids is 1. The summed E-state index contributed by atoms with van der Waals surface area (Å²) in [5, 5.41) is 34.8. The van der Waals surface area contributed by atoms with Crippen LogP contribution in [0.5, 0.6) is 0 Å². The lowest BCUT2D eigenvalue weighted by Gasteiger charge is -1.99. The van der Waals surface area contributed by atoms with Gasteiger partial charge in [0.1, 0.15) is 6.04 Å². The number of hydrogen-bond acceptors (Lipinski definition) is 5. The number of nitrogens with one attached hydrogen (secondary N) is 1. The highest BCUT2D eigenvalue weighted by Crippen LogP contribution is 2.05. The minimum absolute atomic E-state index is 0.164. The molecular formula is C9H13NO8. The number of carboxylic acid groups (broad SMARTS) is 3. The Morgan fingerprint density at radius 3 is 2.00 bits per heavy atom. The Morgan fingerprint density at radius 2 is 1.83 bits per heavy atom. The van der Waals surface area contributed by atoms with Gasteiger partial charge in [0.2, 0.25) is 5.91 Å². The molecule has 0 aromatic rings. The van der Waals surface area contributed by atoms with E-state index in [-0.39, 0.29) is 5.91 Å². The maximum atomic E-state index is 10.4. The fraction of sp³-hybridized carbons (Fsp3) is 0.556. The number of carbonyl (C=O) groups is 4. The van der Waals surface area contributed by atoms with E-state index < -0.39 is 36.5 Å². The van der Waals surface area contributed by atoms with Gasteiger partial charge in [-0.1, -0.05) is 0 Å². The summed E-state index contributed by atoms with van der Waals surface area (Å²) < 4.78 is 0. The Bertz CT molecular complexity index is 350. The second-order valence-electron chi connectivity index (χ2n) is 3.45. The molecule has 5 N–H and O–H groups in total. The number of amides is 1. The molecular weight excluding hydrogens is 250 g/mol. The third-order valence-electron chi connectivity index (χ3n) is 1.95. The molecule has 1 heterocycles. The summed E-state index contributed by atoms with van der Waals surface area (Å²) in [5.74, 6) is -3.95. The van der Waals surface area contributed by atoms with E-state index in [1.807, 2.05) is 0 Å². The smallest absolute Gasteiger partial charge is 0.333 e. The van der Waals surface area contributed by atoms with E-state index in [2.05, 4.69) is 5.32 Å². The van der Waals surface area contributed by atoms with E-state index in [4.69, 9.17) is 20.4 Å². The largest absolute Gasteiger partial charge is 0.481 e. The second-order valence-corrected chi connectivity index (χ2v) is 3.45. The summed E-state index contributed by atoms with van der Waals surface area (Å²) in [6, 6.07) is -0.641. The Balaban J connectivity index is 0.000000321. The van der Waals surface area contributed by atoms with Crippen LogP contribution < -0.4 is 5.32 Å². The number of rotatable bonds is 4. The van der Waals surface area contributed by atoms with Crippen LogP contribution >= 0.6 is 0 Å². The predicted octanol–water partition coefficient (Wildman–Crippen LogP) is -1.74. The van der Waals surface area contributed by atoms with Crippen LogP contribution in [0.4, 0.5) is 0 Å². The quantitative estimate of drug-likeness (QED) is 0.399. The number of hydrogen-bond donors (Lipinski definition) is 5. The van der Waals surface area contributed by atoms with Gasteiger partial charge < -0.3 is 25.7 Å². The van der Waals surface area contributed by atoms with Crippen LogP contribution in [-0.2, 0) is 19.2 Å². The minimum atomic E-state index is -1.79. The molecule has 18 heavy (non-hydrogen) atoms. The van der Waals surface area contributed by atoms with Crippen LogP contribution in [0.25, 0.3) is 0 Å². The summed E-state index contributed by atoms with van der Waals surface area (Å²) in [4.78, 5) is 39.9. The van der Waals surface area contributed by atoms with Crippen molar-refractivity contribution >= 4 is 23.8 Å². The van der Waals surface area contributed by atoms with E-state index in [1.54, 1.807) is 0 Å². The topological polar surface area (TPSA) is 161 Å². The molecule has 9 nitrogen and oxygen atoms in total. The zero-order valence-electron chi connectivity index (χ0n) is 9.20. The first kappa shape index (κ1) is 15.8. The Kier molecular flexibility index (Phi) is 6.35. The Morgan fingerprint density at radius 1 is 1.28 bits per heavy atom. The van der Waals surface area contributed by atoms with Crippen molar-refractivity contribution < 1.29 is 39.6 Å². The number of aliphatic hydroxyl groups is 1. The van der Waals surface area contributed by atoms with Gasteiger partial charge in [-0.25, -0.2) is 9.59 Å². The maximum absolute atomic E-state index is 10.4. The van der Waals surface area contributed by atoms with E-state index >= 15 is 0 Å². The molecule has 1 fully saturated rings. The first-order valence-electron chi connectivity index (χ1n) is 4.89. The fourth-order valence-electron chi connectivity index (χ4n) is 1.05. The molecule has 102 valence electrons. The van der Waals surface area contributed by atoms with Gasteiger partial charge in [-0.3, -0.25) is 9.59 Å². The van der Waals surface area contributed by atoms with Gasteiger partial charge >= 0.3 is 17.9 Å². The van der Waals surface area contributed by atoms with Crippen molar-refractivity contribution in [2.45, 2.75) is 31.4 Å². The number of aliphatic carboxylic acids is 3. The Hall–Kier alpha value is -2.16. The molecule has 0 aliphatic carbocycles. The van der Waals surface area contributed by atoms with Crippen LogP contribution in [-0.4, -0.2) is 56.4 Å². The van der Waals surface area contributed by atoms with Crippen molar-refractivity contribution in [3.63, 3.8) is 0 Å². The summed E-state index contributed by atoms with van der Waals surface area (Å²) in [5.41, 5.74) is 0. The van der Waals surface area contributed by atoms with Crippen molar-refractivity contribution in [1.82, 2.24) is 5.32 Å². The van der Waals surface area contributed by atoms with Crippen LogP contribution in [0.2, 0.25) is 0 Å². The lowest BCUT2D eigenvalue weighted by molar-refractivity contribution is -0.152. The third kappa shape index (κ3) is 6.43. The summed E-state index contributed by atoms with van der Waals surface area (Å²) in [6.45, 7) is 0. The SMILES string of the molecule is O=C(O)CC(O)C(=O)O.O=C1CC[C@@H](C(=O)O)N1. The molecule has 0 saturated carbocycles. The molecule has 0 spiro atoms. The van der Waals surface area contributed by atoms with Gasteiger partial charge in [0.25, 0.3) is 0 Å². The summed E-state index contributed by atoms with van der Waals surface area (Å²) in [6.07, 6.45) is -1.78. The van der Waals surface area contributed by atoms with Crippen molar-refractivity contribution in [3.05, 3.63) is 0 Å². The van der Waals surface area contributed by atoms with Crippen LogP contribution in [0.3, 0.4) is 0 Å². The second kappa shape index (κ2) is 7.22. The van der Waals surface area contributed by atoms with Crippen molar-refractivity contribution in [3.8, 4) is 0 Å². The molecule has 1 aliphatic rings. The number of carboxylic acids is 3. The summed E-state index contributed by atoms with van der Waals surface area (Å²) >= 11 is 0. The molecule has 0 bridgehead atoms. The van der Waals surface area contributed by atoms with Gasteiger partial charge in [0.05, 0.1) is 6.42 Å². The molecule has 1 unspecified atom stereocenters. The molecule has 0 aromatic carbocycles. The van der Waals surface area contributed by atoms with Gasteiger partial charge in [-0.15, -0.1) is 0 Å². The van der Waals surface area contributed by atoms with Crippen molar-refractivity contribution in [1.29, 1.82) is 0 Å². The maximum Gasteiger partial charge on any atom is 0.333 e. The highest BCUT2D eigenvalue weighted by molar-refractivity contribution is 5.87. The normalized spacial score (nSPS) is 19.2. The molecule has 0 radical (unpaired) electrons. The monoisotopic (exact) mass is 263 g/mol. The van der Waals surface area contributed by atoms with Crippen molar-refractivity contribution in [2.75, 3.05) is 0 Å². The molecule has 1 rings (SSSR count). The van der Waals surface area contributed by atoms with E-state index in [0.29, 0.717) is 12.8 Å². The van der Waals surface area contributed by atoms with Crippen LogP contribution in [0, 0.1) is 0 Å². The molecule has 2 atom stereocenters. The lowest BCUT2D eigenvalue weighted by Crippen LogP contribution is -2.32. The molecule has 1 aliphatic heterocycles. The molecule has 1 amide bonds. The fourth-order valence-corrected chi connectivity index (χ4v) is 1.05. The minimum Gasteiger partial charge on any atom is -0.481 e. The Labute approximate surface area is 101 Å². The number of aliphatic hydroxyl groups excluding tert-OH is 1. The average molecular weight is 263 g/mol. The van der Waals surface area contributed by atoms with Gasteiger partial charge in [-0.2, -0.15) is 0 Å². The van der Waals surface area contributed by atoms with Crippen LogP contribution in [0.1, 0.15) is 19.3 Å². The van der Waals surface area contributed by atoms with Gasteiger partial charge in [-0.05, 0) is 6.42 Å². The van der Waals surface area contributed by atoms with E-state index in [0.717, 1.165) is 0 Å². The first-order valence-corrected chi connectivity index (χ1v) is 4.89. The summed E-state index contributed by atoms with van der Waals surface area (Å²) in [7, 11) is 0. The third-order valence-corrected chi connectivity index (χ3v) is 1.95. The zero-order valence-corrected chi connectivity index (χ0v) is 9.20. The molecule has 1 saturated heterocycles. The van der Waals surface area contributed by atoms with E-state index in [1.165, 1.54) is 0 Å². The van der Waals surface area contributed by atoms with Gasteiger partial charge in [0.15, 0.2) is 6.10 Å². The first-order chi connectivity index (χ1) is 8.23.